The van der Waals surface area contributed by atoms with Gasteiger partial charge < -0.3 is 10.6 Å². The van der Waals surface area contributed by atoms with Crippen molar-refractivity contribution in [1.29, 1.82) is 0 Å². The highest BCUT2D eigenvalue weighted by molar-refractivity contribution is 7.12. The van der Waals surface area contributed by atoms with Crippen molar-refractivity contribution >= 4 is 23.1 Å². The molecule has 1 atom stereocenters. The molecule has 0 fully saturated rings. The van der Waals surface area contributed by atoms with E-state index in [0.29, 0.717) is 5.56 Å². The molecule has 1 amide bonds. The molecule has 2 aromatic heterocycles. The van der Waals surface area contributed by atoms with Crippen LogP contribution in [-0.2, 0) is 0 Å². The smallest absolute Gasteiger partial charge is 0.253 e. The van der Waals surface area contributed by atoms with Crippen LogP contribution < -0.4 is 10.6 Å². The van der Waals surface area contributed by atoms with Crippen molar-refractivity contribution in [3.8, 4) is 0 Å². The maximum Gasteiger partial charge on any atom is 0.253 e. The normalized spacial score (nSPS) is 11.9. The first-order chi connectivity index (χ1) is 9.10. The number of hydrogen-bond acceptors (Lipinski definition) is 4. The van der Waals surface area contributed by atoms with Crippen molar-refractivity contribution in [2.75, 3.05) is 12.4 Å². The Labute approximate surface area is 116 Å². The van der Waals surface area contributed by atoms with Gasteiger partial charge in [0.15, 0.2) is 0 Å². The number of aromatic nitrogens is 1. The SMILES string of the molecule is CNc1ccc(C(=O)NC(C)c2ccc(C)s2)cn1. The van der Waals surface area contributed by atoms with Gasteiger partial charge in [0.25, 0.3) is 5.91 Å². The lowest BCUT2D eigenvalue weighted by molar-refractivity contribution is 0.0940. The summed E-state index contributed by atoms with van der Waals surface area (Å²) < 4.78 is 0. The number of nitrogens with zero attached hydrogens (tertiary/aromatic N) is 1. The van der Waals surface area contributed by atoms with Crippen molar-refractivity contribution in [2.45, 2.75) is 19.9 Å². The third-order valence-corrected chi connectivity index (χ3v) is 4.00. The summed E-state index contributed by atoms with van der Waals surface area (Å²) in [6, 6.07) is 7.67. The van der Waals surface area contributed by atoms with Crippen LogP contribution in [-0.4, -0.2) is 17.9 Å². The van der Waals surface area contributed by atoms with E-state index in [0.717, 1.165) is 10.7 Å². The Bertz CT molecular complexity index is 562. The molecule has 2 N–H and O–H groups in total. The first-order valence-corrected chi connectivity index (χ1v) is 6.93. The highest BCUT2D eigenvalue weighted by Gasteiger charge is 2.13. The van der Waals surface area contributed by atoms with Crippen molar-refractivity contribution in [1.82, 2.24) is 10.3 Å². The fourth-order valence-electron chi connectivity index (χ4n) is 1.71. The topological polar surface area (TPSA) is 54.0 Å². The average molecular weight is 275 g/mol. The van der Waals surface area contributed by atoms with E-state index in [2.05, 4.69) is 28.6 Å². The summed E-state index contributed by atoms with van der Waals surface area (Å²) >= 11 is 1.70. The van der Waals surface area contributed by atoms with Crippen molar-refractivity contribution in [2.24, 2.45) is 0 Å². The Morgan fingerprint density at radius 3 is 2.63 bits per heavy atom. The van der Waals surface area contributed by atoms with E-state index in [-0.39, 0.29) is 11.9 Å². The lowest BCUT2D eigenvalue weighted by Crippen LogP contribution is -2.26. The summed E-state index contributed by atoms with van der Waals surface area (Å²) in [5, 5.41) is 5.90. The predicted octanol–water partition coefficient (Wildman–Crippen LogP) is 2.98. The summed E-state index contributed by atoms with van der Waals surface area (Å²) in [6.07, 6.45) is 1.58. The number of amides is 1. The van der Waals surface area contributed by atoms with Crippen LogP contribution in [0.1, 0.15) is 33.1 Å². The number of anilines is 1. The van der Waals surface area contributed by atoms with Crippen molar-refractivity contribution in [3.63, 3.8) is 0 Å². The molecule has 0 bridgehead atoms. The second-order valence-electron chi connectivity index (χ2n) is 4.33. The van der Waals surface area contributed by atoms with Crippen LogP contribution in [0.4, 0.5) is 5.82 Å². The number of carbonyl (C=O) groups is 1. The standard InChI is InChI=1S/C14H17N3OS/c1-9-4-6-12(19-9)10(2)17-14(18)11-5-7-13(15-3)16-8-11/h4-8,10H,1-3H3,(H,15,16)(H,17,18). The van der Waals surface area contributed by atoms with Gasteiger partial charge in [0, 0.05) is 23.0 Å². The van der Waals surface area contributed by atoms with Crippen LogP contribution in [0.3, 0.4) is 0 Å². The molecule has 0 spiro atoms. The second-order valence-corrected chi connectivity index (χ2v) is 5.65. The number of carbonyl (C=O) groups excluding carboxylic acids is 1. The Morgan fingerprint density at radius 1 is 1.32 bits per heavy atom. The number of nitrogens with one attached hydrogen (secondary N) is 2. The lowest BCUT2D eigenvalue weighted by atomic mass is 10.2. The second kappa shape index (κ2) is 5.84. The molecule has 0 radical (unpaired) electrons. The minimum Gasteiger partial charge on any atom is -0.373 e. The molecule has 2 heterocycles. The van der Waals surface area contributed by atoms with Gasteiger partial charge in [-0.05, 0) is 38.1 Å². The van der Waals surface area contributed by atoms with E-state index >= 15 is 0 Å². The quantitative estimate of drug-likeness (QED) is 0.902. The predicted molar refractivity (Wildman–Crippen MR) is 78.7 cm³/mol. The summed E-state index contributed by atoms with van der Waals surface area (Å²) in [6.45, 7) is 4.04. The van der Waals surface area contributed by atoms with Crippen molar-refractivity contribution in [3.05, 3.63) is 45.8 Å². The Kier molecular flexibility index (Phi) is 4.16. The zero-order valence-electron chi connectivity index (χ0n) is 11.2. The Hall–Kier alpha value is -1.88. The molecule has 100 valence electrons. The Balaban J connectivity index is 2.03. The van der Waals surface area contributed by atoms with E-state index in [1.807, 2.05) is 13.0 Å². The third kappa shape index (κ3) is 3.32. The molecule has 0 aliphatic heterocycles. The zero-order chi connectivity index (χ0) is 13.8. The highest BCUT2D eigenvalue weighted by atomic mass is 32.1. The van der Waals surface area contributed by atoms with Crippen LogP contribution in [0.25, 0.3) is 0 Å². The number of rotatable bonds is 4. The molecule has 0 aliphatic rings. The van der Waals surface area contributed by atoms with E-state index in [4.69, 9.17) is 0 Å². The third-order valence-electron chi connectivity index (χ3n) is 2.82. The molecule has 0 saturated heterocycles. The van der Waals surface area contributed by atoms with Crippen LogP contribution >= 0.6 is 11.3 Å². The van der Waals surface area contributed by atoms with E-state index in [9.17, 15) is 4.79 Å². The largest absolute Gasteiger partial charge is 0.373 e. The zero-order valence-corrected chi connectivity index (χ0v) is 12.0. The van der Waals surface area contributed by atoms with Gasteiger partial charge in [0.05, 0.1) is 11.6 Å². The maximum absolute atomic E-state index is 12.1. The van der Waals surface area contributed by atoms with Gasteiger partial charge in [-0.15, -0.1) is 11.3 Å². The molecule has 5 heteroatoms. The molecule has 0 aromatic carbocycles. The molecule has 19 heavy (non-hydrogen) atoms. The molecule has 0 aliphatic carbocycles. The number of aryl methyl sites for hydroxylation is 1. The molecular formula is C14H17N3OS. The average Bonchev–Trinajstić information content (AvgIpc) is 2.85. The van der Waals surface area contributed by atoms with E-state index in [1.165, 1.54) is 4.88 Å². The molecule has 2 aromatic rings. The van der Waals surface area contributed by atoms with E-state index < -0.39 is 0 Å². The highest BCUT2D eigenvalue weighted by Crippen LogP contribution is 2.22. The molecule has 2 rings (SSSR count). The van der Waals surface area contributed by atoms with Crippen molar-refractivity contribution < 1.29 is 4.79 Å². The molecule has 1 unspecified atom stereocenters. The summed E-state index contributed by atoms with van der Waals surface area (Å²) in [5.41, 5.74) is 0.569. The Morgan fingerprint density at radius 2 is 2.11 bits per heavy atom. The number of hydrogen-bond donors (Lipinski definition) is 2. The van der Waals surface area contributed by atoms with Gasteiger partial charge in [-0.3, -0.25) is 4.79 Å². The van der Waals surface area contributed by atoms with Gasteiger partial charge in [0.2, 0.25) is 0 Å². The molecule has 4 nitrogen and oxygen atoms in total. The monoisotopic (exact) mass is 275 g/mol. The van der Waals surface area contributed by atoms with Gasteiger partial charge in [0.1, 0.15) is 5.82 Å². The minimum atomic E-state index is -0.103. The van der Waals surface area contributed by atoms with Gasteiger partial charge in [-0.1, -0.05) is 0 Å². The van der Waals surface area contributed by atoms with Gasteiger partial charge in [-0.2, -0.15) is 0 Å². The molecular weight excluding hydrogens is 258 g/mol. The first kappa shape index (κ1) is 13.5. The summed E-state index contributed by atoms with van der Waals surface area (Å²) in [4.78, 5) is 18.6. The number of pyridine rings is 1. The summed E-state index contributed by atoms with van der Waals surface area (Å²) in [7, 11) is 1.79. The maximum atomic E-state index is 12.1. The number of thiophene rings is 1. The first-order valence-electron chi connectivity index (χ1n) is 6.11. The fraction of sp³-hybridized carbons (Fsp3) is 0.286. The van der Waals surface area contributed by atoms with Crippen LogP contribution in [0.2, 0.25) is 0 Å². The summed E-state index contributed by atoms with van der Waals surface area (Å²) in [5.74, 6) is 0.646. The molecule has 0 saturated carbocycles. The fourth-order valence-corrected chi connectivity index (χ4v) is 2.59. The lowest BCUT2D eigenvalue weighted by Gasteiger charge is -2.12. The van der Waals surface area contributed by atoms with Crippen LogP contribution in [0.15, 0.2) is 30.5 Å². The van der Waals surface area contributed by atoms with E-state index in [1.54, 1.807) is 36.7 Å². The van der Waals surface area contributed by atoms with Gasteiger partial charge >= 0.3 is 0 Å². The van der Waals surface area contributed by atoms with Crippen LogP contribution in [0.5, 0.6) is 0 Å². The van der Waals surface area contributed by atoms with Gasteiger partial charge in [-0.25, -0.2) is 4.98 Å². The van der Waals surface area contributed by atoms with Crippen LogP contribution in [0, 0.1) is 6.92 Å². The minimum absolute atomic E-state index is 0.00942.